The molecule has 0 aliphatic rings. The van der Waals surface area contributed by atoms with Crippen LogP contribution >= 0.6 is 15.6 Å². The number of benzene rings is 1. The molecule has 2 unspecified atom stereocenters. The Bertz CT molecular complexity index is 445. The first-order valence-electron chi connectivity index (χ1n) is 6.00. The van der Waals surface area contributed by atoms with Gasteiger partial charge in [0.05, 0.1) is 12.8 Å². The van der Waals surface area contributed by atoms with E-state index in [1.54, 1.807) is 13.3 Å². The van der Waals surface area contributed by atoms with Crippen molar-refractivity contribution in [2.24, 2.45) is 0 Å². The lowest BCUT2D eigenvalue weighted by Gasteiger charge is -2.03. The van der Waals surface area contributed by atoms with Crippen LogP contribution in [0.2, 0.25) is 0 Å². The summed E-state index contributed by atoms with van der Waals surface area (Å²) < 4.78 is 27.9. The fourth-order valence-electron chi connectivity index (χ4n) is 1.65. The number of ether oxygens (including phenoxy) is 1. The molecule has 1 aromatic carbocycles. The van der Waals surface area contributed by atoms with Gasteiger partial charge in [0, 0.05) is 0 Å². The van der Waals surface area contributed by atoms with Crippen LogP contribution in [0.3, 0.4) is 0 Å². The average molecular weight is 300 g/mol. The van der Waals surface area contributed by atoms with Gasteiger partial charge >= 0.3 is 27.0 Å². The molecule has 1 aromatic rings. The van der Waals surface area contributed by atoms with Crippen molar-refractivity contribution in [1.29, 1.82) is 0 Å². The van der Waals surface area contributed by atoms with Crippen LogP contribution in [-0.2, 0) is 25.3 Å². The monoisotopic (exact) mass is 300 g/mol. The molecule has 19 heavy (non-hydrogen) atoms. The Morgan fingerprint density at radius 2 is 1.74 bits per heavy atom. The van der Waals surface area contributed by atoms with Crippen molar-refractivity contribution in [3.05, 3.63) is 35.9 Å². The van der Waals surface area contributed by atoms with Crippen LogP contribution in [0.5, 0.6) is 0 Å². The van der Waals surface area contributed by atoms with E-state index in [2.05, 4.69) is 0 Å². The summed E-state index contributed by atoms with van der Waals surface area (Å²) in [6.45, 7) is 3.33. The minimum atomic E-state index is -1.53. The van der Waals surface area contributed by atoms with E-state index in [9.17, 15) is 13.9 Å². The lowest BCUT2D eigenvalue weighted by Crippen LogP contribution is -2.07. The molecule has 0 spiro atoms. The predicted molar refractivity (Wildman–Crippen MR) is 76.3 cm³/mol. The highest BCUT2D eigenvalue weighted by molar-refractivity contribution is 7.63. The van der Waals surface area contributed by atoms with Gasteiger partial charge in [0.15, 0.2) is 0 Å². The third kappa shape index (κ3) is 6.04. The maximum absolute atomic E-state index is 11.6. The van der Waals surface area contributed by atoms with Gasteiger partial charge in [0.25, 0.3) is 0 Å². The summed E-state index contributed by atoms with van der Waals surface area (Å²) in [5, 5.41) is -0.394. The van der Waals surface area contributed by atoms with Gasteiger partial charge in [0.2, 0.25) is 0 Å². The van der Waals surface area contributed by atoms with E-state index in [0.717, 1.165) is 5.56 Å². The quantitative estimate of drug-likeness (QED) is 0.568. The highest BCUT2D eigenvalue weighted by Crippen LogP contribution is 2.42. The Balaban J connectivity index is 2.35. The molecule has 0 aliphatic heterocycles. The van der Waals surface area contributed by atoms with Gasteiger partial charge in [-0.2, -0.15) is 0 Å². The molecule has 0 N–H and O–H groups in total. The molecule has 0 saturated heterocycles. The zero-order valence-corrected chi connectivity index (χ0v) is 12.9. The topological polar surface area (TPSA) is 60.4 Å². The Kier molecular flexibility index (Phi) is 6.83. The summed E-state index contributed by atoms with van der Waals surface area (Å²) in [6.07, 6.45) is 0.506. The second kappa shape index (κ2) is 8.14. The highest BCUT2D eigenvalue weighted by Gasteiger charge is 2.40. The van der Waals surface area contributed by atoms with E-state index < -0.39 is 21.0 Å². The average Bonchev–Trinajstić information content (AvgIpc) is 2.37. The number of esters is 1. The van der Waals surface area contributed by atoms with Crippen LogP contribution in [0, 0.1) is 0 Å². The van der Waals surface area contributed by atoms with Gasteiger partial charge < -0.3 is 4.74 Å². The number of carbonyl (C=O) groups excluding carboxylic acids is 1. The smallest absolute Gasteiger partial charge is 0.389 e. The Labute approximate surface area is 115 Å². The molecule has 0 bridgehead atoms. The molecule has 0 radical (unpaired) electrons. The van der Waals surface area contributed by atoms with Crippen LogP contribution in [0.25, 0.3) is 0 Å². The normalized spacial score (nSPS) is 13.6. The maximum atomic E-state index is 11.6. The van der Waals surface area contributed by atoms with E-state index in [4.69, 9.17) is 4.74 Å². The molecule has 0 amide bonds. The van der Waals surface area contributed by atoms with Crippen LogP contribution in [-0.4, -0.2) is 24.7 Å². The molecular weight excluding hydrogens is 282 g/mol. The molecule has 0 fully saturated rings. The van der Waals surface area contributed by atoms with E-state index in [0.29, 0.717) is 6.42 Å². The molecule has 0 aromatic heterocycles. The van der Waals surface area contributed by atoms with Gasteiger partial charge in [0.1, 0.15) is 19.9 Å². The minimum Gasteiger partial charge on any atom is -0.461 e. The Morgan fingerprint density at radius 1 is 1.16 bits per heavy atom. The number of carbonyl (C=O) groups is 1. The highest BCUT2D eigenvalue weighted by atomic mass is 31.2. The lowest BCUT2D eigenvalue weighted by atomic mass is 10.2. The standard InChI is InChI=1S/C13H18O4P2/c1-18(15)13(19(2)16)9-8-12(14)17-10-11-6-4-3-5-7-11/h3-7,13H,8-10H2,1-2H3/q+2. The van der Waals surface area contributed by atoms with Crippen LogP contribution < -0.4 is 0 Å². The second-order valence-corrected chi connectivity index (χ2v) is 8.10. The molecule has 0 aliphatic carbocycles. The van der Waals surface area contributed by atoms with Crippen molar-refractivity contribution in [2.45, 2.75) is 24.8 Å². The molecule has 2 atom stereocenters. The maximum Gasteiger partial charge on any atom is 0.389 e. The molecule has 4 nitrogen and oxygen atoms in total. The summed E-state index contributed by atoms with van der Waals surface area (Å²) >= 11 is 0. The Hall–Kier alpha value is -1.11. The van der Waals surface area contributed by atoms with Crippen LogP contribution in [0.1, 0.15) is 18.4 Å². The molecule has 102 valence electrons. The molecule has 0 heterocycles. The van der Waals surface area contributed by atoms with Crippen LogP contribution in [0.15, 0.2) is 30.3 Å². The van der Waals surface area contributed by atoms with Crippen molar-refractivity contribution in [3.63, 3.8) is 0 Å². The third-order valence-electron chi connectivity index (χ3n) is 2.69. The summed E-state index contributed by atoms with van der Waals surface area (Å²) in [5.74, 6) is -0.345. The minimum absolute atomic E-state index is 0.154. The summed E-state index contributed by atoms with van der Waals surface area (Å²) in [6, 6.07) is 9.40. The SMILES string of the molecule is C[P+](=O)C(CCC(=O)OCc1ccccc1)[P+](C)=O. The molecule has 1 rings (SSSR count). The largest absolute Gasteiger partial charge is 0.461 e. The molecule has 6 heteroatoms. The summed E-state index contributed by atoms with van der Waals surface area (Å²) in [4.78, 5) is 11.6. The van der Waals surface area contributed by atoms with Crippen LogP contribution in [0.4, 0.5) is 0 Å². The van der Waals surface area contributed by atoms with Gasteiger partial charge in [-0.05, 0) is 5.56 Å². The third-order valence-corrected chi connectivity index (χ3v) is 6.84. The lowest BCUT2D eigenvalue weighted by molar-refractivity contribution is -0.145. The number of rotatable bonds is 7. The van der Waals surface area contributed by atoms with E-state index in [1.165, 1.54) is 0 Å². The first-order chi connectivity index (χ1) is 9.00. The second-order valence-electron chi connectivity index (χ2n) is 4.26. The Morgan fingerprint density at radius 3 is 2.26 bits per heavy atom. The van der Waals surface area contributed by atoms with Gasteiger partial charge in [-0.15, -0.1) is 0 Å². The summed E-state index contributed by atoms with van der Waals surface area (Å²) in [5.41, 5.74) is 0.926. The summed E-state index contributed by atoms with van der Waals surface area (Å²) in [7, 11) is -3.06. The van der Waals surface area contributed by atoms with E-state index in [-0.39, 0.29) is 19.0 Å². The van der Waals surface area contributed by atoms with Gasteiger partial charge in [-0.1, -0.05) is 39.5 Å². The fraction of sp³-hybridized carbons (Fsp3) is 0.462. The molecule has 0 saturated carbocycles. The van der Waals surface area contributed by atoms with E-state index in [1.807, 2.05) is 30.3 Å². The van der Waals surface area contributed by atoms with Gasteiger partial charge in [-0.25, -0.2) is 0 Å². The fourth-order valence-corrected chi connectivity index (χ4v) is 4.47. The number of hydrogen-bond acceptors (Lipinski definition) is 4. The number of hydrogen-bond donors (Lipinski definition) is 0. The van der Waals surface area contributed by atoms with Crippen molar-refractivity contribution in [2.75, 3.05) is 13.3 Å². The first kappa shape index (κ1) is 15.9. The van der Waals surface area contributed by atoms with Gasteiger partial charge in [-0.3, -0.25) is 4.79 Å². The zero-order valence-electron chi connectivity index (χ0n) is 11.1. The van der Waals surface area contributed by atoms with E-state index >= 15 is 0 Å². The van der Waals surface area contributed by atoms with Crippen molar-refractivity contribution in [3.8, 4) is 0 Å². The predicted octanol–water partition coefficient (Wildman–Crippen LogP) is 3.75. The van der Waals surface area contributed by atoms with Crippen molar-refractivity contribution >= 4 is 21.6 Å². The zero-order chi connectivity index (χ0) is 14.3. The molecular formula is C13H18O4P2+2. The van der Waals surface area contributed by atoms with Crippen molar-refractivity contribution < 1.29 is 18.7 Å². The first-order valence-corrected chi connectivity index (χ1v) is 9.55. The van der Waals surface area contributed by atoms with Crippen molar-refractivity contribution in [1.82, 2.24) is 0 Å².